The largest absolute Gasteiger partial charge is 0.493 e. The predicted molar refractivity (Wildman–Crippen MR) is 181 cm³/mol. The number of benzene rings is 3. The van der Waals surface area contributed by atoms with E-state index in [1.807, 2.05) is 43.0 Å². The minimum atomic E-state index is -4.60. The molecular formula is C35H38Cl2F3N5O3. The number of urea groups is 1. The summed E-state index contributed by atoms with van der Waals surface area (Å²) in [6.07, 6.45) is -4.60. The third kappa shape index (κ3) is 7.74. The number of carbonyl (C=O) groups excluding carboxylic acids is 2. The summed E-state index contributed by atoms with van der Waals surface area (Å²) in [4.78, 5) is 39.6. The smallest absolute Gasteiger partial charge is 0.416 e. The lowest BCUT2D eigenvalue weighted by molar-refractivity contribution is -0.137. The molecule has 2 aliphatic rings. The van der Waals surface area contributed by atoms with E-state index >= 15 is 0 Å². The Labute approximate surface area is 288 Å². The first-order valence-corrected chi connectivity index (χ1v) is 16.7. The van der Waals surface area contributed by atoms with Gasteiger partial charge in [0.1, 0.15) is 17.6 Å². The Balaban J connectivity index is 1.57. The molecule has 3 aromatic rings. The molecule has 0 radical (unpaired) electrons. The standard InChI is InChI=1S/C35H38Cl2F3N5O3/c1-4-43(5-2)30(46)22-42-17-19-44(20-18-42)34(47)45-32(24-9-14-27(37)15-10-24)31(23-7-12-26(36)13-8-23)41-33(45)28-16-11-25(35(38,39)40)21-29(28)48-6-3/h7-16,21,31-32H,4-6,17-20,22H2,1-3H3. The van der Waals surface area contributed by atoms with Crippen LogP contribution in [-0.4, -0.2) is 89.8 Å². The Kier molecular flexibility index (Phi) is 11.2. The number of amides is 3. The maximum atomic E-state index is 14.7. The van der Waals surface area contributed by atoms with Crippen LogP contribution >= 0.6 is 23.2 Å². The van der Waals surface area contributed by atoms with Crippen molar-refractivity contribution in [1.29, 1.82) is 0 Å². The van der Waals surface area contributed by atoms with Crippen LogP contribution in [0.5, 0.6) is 5.75 Å². The molecule has 3 aromatic carbocycles. The molecule has 2 heterocycles. The van der Waals surface area contributed by atoms with Crippen LogP contribution in [0.15, 0.2) is 71.7 Å². The minimum absolute atomic E-state index is 0.0322. The number of nitrogens with zero attached hydrogens (tertiary/aromatic N) is 5. The molecule has 2 aliphatic heterocycles. The fourth-order valence-corrected chi connectivity index (χ4v) is 6.38. The summed E-state index contributed by atoms with van der Waals surface area (Å²) in [5, 5.41) is 1.03. The van der Waals surface area contributed by atoms with Gasteiger partial charge in [-0.15, -0.1) is 0 Å². The van der Waals surface area contributed by atoms with E-state index in [1.165, 1.54) is 6.07 Å². The van der Waals surface area contributed by atoms with Gasteiger partial charge >= 0.3 is 12.2 Å². The molecular weight excluding hydrogens is 666 g/mol. The highest BCUT2D eigenvalue weighted by atomic mass is 35.5. The van der Waals surface area contributed by atoms with Crippen LogP contribution < -0.4 is 4.74 Å². The molecule has 5 rings (SSSR count). The number of rotatable bonds is 9. The van der Waals surface area contributed by atoms with Crippen molar-refractivity contribution in [3.8, 4) is 5.75 Å². The first-order valence-electron chi connectivity index (χ1n) is 16.0. The monoisotopic (exact) mass is 703 g/mol. The van der Waals surface area contributed by atoms with Crippen molar-refractivity contribution in [1.82, 2.24) is 19.6 Å². The number of amidine groups is 1. The van der Waals surface area contributed by atoms with E-state index in [0.29, 0.717) is 49.3 Å². The highest BCUT2D eigenvalue weighted by Gasteiger charge is 2.45. The summed E-state index contributed by atoms with van der Waals surface area (Å²) >= 11 is 12.5. The molecule has 2 atom stereocenters. The third-order valence-corrected chi connectivity index (χ3v) is 9.17. The molecule has 0 aliphatic carbocycles. The normalized spacial score (nSPS) is 18.5. The lowest BCUT2D eigenvalue weighted by Crippen LogP contribution is -2.55. The molecule has 2 unspecified atom stereocenters. The molecule has 1 saturated heterocycles. The fraction of sp³-hybridized carbons (Fsp3) is 0.400. The predicted octanol–water partition coefficient (Wildman–Crippen LogP) is 7.56. The van der Waals surface area contributed by atoms with Gasteiger partial charge in [0.05, 0.1) is 30.3 Å². The van der Waals surface area contributed by atoms with E-state index in [1.54, 1.807) is 45.9 Å². The van der Waals surface area contributed by atoms with E-state index in [4.69, 9.17) is 32.9 Å². The van der Waals surface area contributed by atoms with Crippen molar-refractivity contribution in [3.05, 3.63) is 99.0 Å². The molecule has 3 amide bonds. The SMILES string of the molecule is CCOc1cc(C(F)(F)F)ccc1C1=NC(c2ccc(Cl)cc2)C(c2ccc(Cl)cc2)N1C(=O)N1CCN(CC(=O)N(CC)CC)CC1. The van der Waals surface area contributed by atoms with E-state index in [-0.39, 0.29) is 42.2 Å². The van der Waals surface area contributed by atoms with Gasteiger partial charge in [-0.25, -0.2) is 4.79 Å². The topological polar surface area (TPSA) is 68.7 Å². The van der Waals surface area contributed by atoms with Gasteiger partial charge in [0.25, 0.3) is 0 Å². The molecule has 0 spiro atoms. The van der Waals surface area contributed by atoms with Crippen LogP contribution in [0.1, 0.15) is 55.1 Å². The molecule has 1 fully saturated rings. The van der Waals surface area contributed by atoms with Gasteiger partial charge in [-0.1, -0.05) is 47.5 Å². The first kappa shape index (κ1) is 35.5. The number of hydrogen-bond acceptors (Lipinski definition) is 5. The number of hydrogen-bond donors (Lipinski definition) is 0. The Hall–Kier alpha value is -3.80. The Morgan fingerprint density at radius 2 is 1.46 bits per heavy atom. The van der Waals surface area contributed by atoms with Crippen LogP contribution in [0.3, 0.4) is 0 Å². The number of piperazine rings is 1. The molecule has 0 aromatic heterocycles. The van der Waals surface area contributed by atoms with Crippen molar-refractivity contribution < 1.29 is 27.5 Å². The average Bonchev–Trinajstić information content (AvgIpc) is 3.46. The second-order valence-corrected chi connectivity index (χ2v) is 12.4. The maximum absolute atomic E-state index is 14.7. The van der Waals surface area contributed by atoms with Gasteiger partial charge in [-0.3, -0.25) is 19.6 Å². The van der Waals surface area contributed by atoms with Gasteiger partial charge < -0.3 is 14.5 Å². The first-order chi connectivity index (χ1) is 22.9. The quantitative estimate of drug-likeness (QED) is 0.231. The molecule has 0 bridgehead atoms. The molecule has 48 heavy (non-hydrogen) atoms. The van der Waals surface area contributed by atoms with Crippen molar-refractivity contribution in [2.24, 2.45) is 4.99 Å². The number of ether oxygens (including phenoxy) is 1. The second-order valence-electron chi connectivity index (χ2n) is 11.6. The number of alkyl halides is 3. The van der Waals surface area contributed by atoms with Crippen molar-refractivity contribution >= 4 is 41.0 Å². The average molecular weight is 705 g/mol. The molecule has 13 heteroatoms. The lowest BCUT2D eigenvalue weighted by Gasteiger charge is -2.39. The molecule has 8 nitrogen and oxygen atoms in total. The third-order valence-electron chi connectivity index (χ3n) is 8.66. The maximum Gasteiger partial charge on any atom is 0.416 e. The van der Waals surface area contributed by atoms with E-state index in [2.05, 4.69) is 0 Å². The second kappa shape index (κ2) is 15.2. The molecule has 0 saturated carbocycles. The van der Waals surface area contributed by atoms with Gasteiger partial charge in [0, 0.05) is 49.3 Å². The van der Waals surface area contributed by atoms with Crippen LogP contribution in [0, 0.1) is 0 Å². The van der Waals surface area contributed by atoms with Crippen molar-refractivity contribution in [3.63, 3.8) is 0 Å². The van der Waals surface area contributed by atoms with Crippen LogP contribution in [0.2, 0.25) is 10.0 Å². The Bertz CT molecular complexity index is 1620. The zero-order chi connectivity index (χ0) is 34.6. The van der Waals surface area contributed by atoms with Crippen molar-refractivity contribution in [2.75, 3.05) is 52.4 Å². The summed E-state index contributed by atoms with van der Waals surface area (Å²) in [6, 6.07) is 15.8. The Morgan fingerprint density at radius 3 is 2.00 bits per heavy atom. The lowest BCUT2D eigenvalue weighted by atomic mass is 9.93. The zero-order valence-electron chi connectivity index (χ0n) is 27.0. The summed E-state index contributed by atoms with van der Waals surface area (Å²) in [5.74, 6) is 0.194. The fourth-order valence-electron chi connectivity index (χ4n) is 6.13. The summed E-state index contributed by atoms with van der Waals surface area (Å²) < 4.78 is 47.1. The van der Waals surface area contributed by atoms with Crippen LogP contribution in [-0.2, 0) is 11.0 Å². The van der Waals surface area contributed by atoms with Crippen molar-refractivity contribution in [2.45, 2.75) is 39.0 Å². The Morgan fingerprint density at radius 1 is 0.875 bits per heavy atom. The van der Waals surface area contributed by atoms with Gasteiger partial charge in [-0.05, 0) is 74.4 Å². The number of aliphatic imine (C=N–C) groups is 1. The molecule has 0 N–H and O–H groups in total. The van der Waals surface area contributed by atoms with Crippen LogP contribution in [0.25, 0.3) is 0 Å². The highest BCUT2D eigenvalue weighted by Crippen LogP contribution is 2.46. The van der Waals surface area contributed by atoms with Gasteiger partial charge in [-0.2, -0.15) is 13.2 Å². The summed E-state index contributed by atoms with van der Waals surface area (Å²) in [7, 11) is 0. The molecule has 256 valence electrons. The van der Waals surface area contributed by atoms with Gasteiger partial charge in [0.2, 0.25) is 5.91 Å². The van der Waals surface area contributed by atoms with E-state index < -0.39 is 23.8 Å². The summed E-state index contributed by atoms with van der Waals surface area (Å²) in [5.41, 5.74) is 0.888. The minimum Gasteiger partial charge on any atom is -0.493 e. The number of carbonyl (C=O) groups is 2. The van der Waals surface area contributed by atoms with Gasteiger partial charge in [0.15, 0.2) is 0 Å². The highest BCUT2D eigenvalue weighted by molar-refractivity contribution is 6.30. The number of likely N-dealkylation sites (N-methyl/N-ethyl adjacent to an activating group) is 1. The number of halogens is 5. The van der Waals surface area contributed by atoms with E-state index in [0.717, 1.165) is 23.3 Å². The van der Waals surface area contributed by atoms with Crippen LogP contribution in [0.4, 0.5) is 18.0 Å². The summed E-state index contributed by atoms with van der Waals surface area (Å²) in [6.45, 7) is 8.83. The zero-order valence-corrected chi connectivity index (χ0v) is 28.5. The van der Waals surface area contributed by atoms with E-state index in [9.17, 15) is 22.8 Å².